The Labute approximate surface area is 341 Å². The molecule has 2 N–H and O–H groups in total. The summed E-state index contributed by atoms with van der Waals surface area (Å²) in [6.07, 6.45) is 1.90. The lowest BCUT2D eigenvalue weighted by atomic mass is 10.0. The second kappa shape index (κ2) is 19.9. The molecule has 2 aliphatic rings. The first kappa shape index (κ1) is 43.1. The summed E-state index contributed by atoms with van der Waals surface area (Å²) in [4.78, 5) is 31.6. The van der Waals surface area contributed by atoms with E-state index in [1.807, 2.05) is 49.6 Å². The molecule has 2 heterocycles. The van der Waals surface area contributed by atoms with Crippen molar-refractivity contribution in [1.29, 1.82) is 5.26 Å². The molecule has 4 aromatic rings. The van der Waals surface area contributed by atoms with Gasteiger partial charge in [-0.2, -0.15) is 18.4 Å². The van der Waals surface area contributed by atoms with Crippen molar-refractivity contribution in [2.75, 3.05) is 39.0 Å². The summed E-state index contributed by atoms with van der Waals surface area (Å²) in [5.74, 6) is -0.705. The average molecular weight is 825 g/mol. The fourth-order valence-electron chi connectivity index (χ4n) is 7.22. The lowest BCUT2D eigenvalue weighted by molar-refractivity contribution is -0.137. The molecule has 0 aliphatic carbocycles. The van der Waals surface area contributed by atoms with Crippen molar-refractivity contribution in [2.45, 2.75) is 68.7 Å². The Bertz CT molecular complexity index is 2000. The summed E-state index contributed by atoms with van der Waals surface area (Å²) in [6, 6.07) is 26.0. The van der Waals surface area contributed by atoms with Crippen molar-refractivity contribution in [1.82, 2.24) is 20.4 Å². The van der Waals surface area contributed by atoms with E-state index in [9.17, 15) is 22.8 Å². The molecule has 7 nitrogen and oxygen atoms in total. The largest absolute Gasteiger partial charge is 0.417 e. The monoisotopic (exact) mass is 823 g/mol. The molecule has 2 fully saturated rings. The molecule has 56 heavy (non-hydrogen) atoms. The number of halogens is 5. The lowest BCUT2D eigenvalue weighted by Crippen LogP contribution is -2.39. The fourth-order valence-corrected chi connectivity index (χ4v) is 8.58. The molecule has 1 unspecified atom stereocenters. The zero-order valence-electron chi connectivity index (χ0n) is 31.6. The van der Waals surface area contributed by atoms with Crippen molar-refractivity contribution < 1.29 is 22.8 Å². The summed E-state index contributed by atoms with van der Waals surface area (Å²) in [6.45, 7) is 8.50. The maximum Gasteiger partial charge on any atom is 0.417 e. The van der Waals surface area contributed by atoms with Crippen LogP contribution in [0.1, 0.15) is 93.2 Å². The first-order valence-corrected chi connectivity index (χ1v) is 20.6. The second-order valence-corrected chi connectivity index (χ2v) is 15.8. The number of nitrogens with zero attached hydrogens (tertiary/aromatic N) is 3. The summed E-state index contributed by atoms with van der Waals surface area (Å²) in [5.41, 5.74) is 2.77. The van der Waals surface area contributed by atoms with Crippen LogP contribution in [0.15, 0.2) is 89.8 Å². The molecule has 0 saturated carbocycles. The molecule has 0 radical (unpaired) electrons. The molecule has 6 rings (SSSR count). The molecule has 2 saturated heterocycles. The Balaban J connectivity index is 0.000000216. The molecule has 4 aromatic carbocycles. The molecule has 0 aromatic heterocycles. The Morgan fingerprint density at radius 2 is 1.52 bits per heavy atom. The highest BCUT2D eigenvalue weighted by Gasteiger charge is 2.35. The Hall–Kier alpha value is -4.05. The molecule has 13 heteroatoms. The number of rotatable bonds is 11. The third kappa shape index (κ3) is 11.3. The van der Waals surface area contributed by atoms with Gasteiger partial charge in [-0.3, -0.25) is 14.5 Å². The number of carbonyl (C=O) groups is 2. The van der Waals surface area contributed by atoms with Gasteiger partial charge in [0.1, 0.15) is 0 Å². The first-order valence-electron chi connectivity index (χ1n) is 18.6. The van der Waals surface area contributed by atoms with Gasteiger partial charge in [-0.25, -0.2) is 0 Å². The van der Waals surface area contributed by atoms with Crippen LogP contribution in [0.5, 0.6) is 0 Å². The summed E-state index contributed by atoms with van der Waals surface area (Å²) < 4.78 is 39.5. The highest BCUT2D eigenvalue weighted by atomic mass is 35.5. The third-order valence-electron chi connectivity index (χ3n) is 10.3. The van der Waals surface area contributed by atoms with Crippen LogP contribution in [-0.2, 0) is 6.18 Å². The highest BCUT2D eigenvalue weighted by Crippen LogP contribution is 2.36. The lowest BCUT2D eigenvalue weighted by Gasteiger charge is -2.28. The van der Waals surface area contributed by atoms with Gasteiger partial charge < -0.3 is 15.5 Å². The first-order chi connectivity index (χ1) is 26.8. The van der Waals surface area contributed by atoms with E-state index in [1.54, 1.807) is 36.0 Å². The van der Waals surface area contributed by atoms with E-state index in [1.165, 1.54) is 25.0 Å². The summed E-state index contributed by atoms with van der Waals surface area (Å²) in [5, 5.41) is 15.2. The summed E-state index contributed by atoms with van der Waals surface area (Å²) >= 11 is 13.6. The number of amides is 2. The normalized spacial score (nSPS) is 17.0. The quantitative estimate of drug-likeness (QED) is 0.147. The molecular weight excluding hydrogens is 778 g/mol. The van der Waals surface area contributed by atoms with Crippen molar-refractivity contribution in [3.63, 3.8) is 0 Å². The van der Waals surface area contributed by atoms with E-state index in [0.29, 0.717) is 23.2 Å². The smallest absolute Gasteiger partial charge is 0.344 e. The van der Waals surface area contributed by atoms with Gasteiger partial charge in [0, 0.05) is 29.0 Å². The zero-order chi connectivity index (χ0) is 40.4. The number of nitrogens with one attached hydrogen (secondary N) is 2. The number of nitriles is 1. The second-order valence-electron chi connectivity index (χ2n) is 14.2. The van der Waals surface area contributed by atoms with Gasteiger partial charge in [-0.1, -0.05) is 71.7 Å². The van der Waals surface area contributed by atoms with Gasteiger partial charge in [0.15, 0.2) is 0 Å². The number of carbonyl (C=O) groups excluding carboxylic acids is 2. The minimum Gasteiger partial charge on any atom is -0.344 e. The molecule has 0 bridgehead atoms. The Kier molecular flexibility index (Phi) is 15.3. The van der Waals surface area contributed by atoms with Crippen molar-refractivity contribution in [2.24, 2.45) is 0 Å². The zero-order valence-corrected chi connectivity index (χ0v) is 34.0. The number of aryl methyl sites for hydroxylation is 1. The molecule has 0 spiro atoms. The van der Waals surface area contributed by atoms with E-state index in [0.717, 1.165) is 72.2 Å². The minimum atomic E-state index is -4.65. The average Bonchev–Trinajstić information content (AvgIpc) is 3.85. The van der Waals surface area contributed by atoms with Crippen LogP contribution in [0.3, 0.4) is 0 Å². The van der Waals surface area contributed by atoms with Crippen molar-refractivity contribution in [3.05, 3.63) is 134 Å². The number of benzene rings is 4. The highest BCUT2D eigenvalue weighted by molar-refractivity contribution is 7.98. The Morgan fingerprint density at radius 1 is 0.875 bits per heavy atom. The molecule has 2 aliphatic heterocycles. The molecule has 2 amide bonds. The number of alkyl halides is 3. The van der Waals surface area contributed by atoms with Crippen LogP contribution in [0, 0.1) is 18.3 Å². The van der Waals surface area contributed by atoms with Gasteiger partial charge in [-0.15, -0.1) is 11.8 Å². The summed E-state index contributed by atoms with van der Waals surface area (Å²) in [7, 11) is 0. The van der Waals surface area contributed by atoms with Crippen LogP contribution in [-0.4, -0.2) is 66.6 Å². The van der Waals surface area contributed by atoms with Crippen molar-refractivity contribution in [3.8, 4) is 6.07 Å². The van der Waals surface area contributed by atoms with Gasteiger partial charge in [0.05, 0.1) is 45.4 Å². The third-order valence-corrected chi connectivity index (χ3v) is 11.6. The number of likely N-dealkylation sites (tertiary alicyclic amines) is 2. The SMILES string of the molecule is CC1CCCN1C[C@@H](NC(=O)c1cccc(C(F)(F)F)c1Cl)c1ccc(C#N)cc1.CSc1cc(Cl)cc(C)c1C(=O)N[C@H](CN1CCCC1)c1ccccc1. The van der Waals surface area contributed by atoms with Crippen molar-refractivity contribution >= 4 is 46.8 Å². The number of hydrogen-bond donors (Lipinski definition) is 2. The van der Waals surface area contributed by atoms with Crippen LogP contribution < -0.4 is 10.6 Å². The Morgan fingerprint density at radius 3 is 2.12 bits per heavy atom. The van der Waals surface area contributed by atoms with Crippen LogP contribution in [0.4, 0.5) is 13.2 Å². The fraction of sp³-hybridized carbons (Fsp3) is 0.372. The van der Waals surface area contributed by atoms with Gasteiger partial charge in [0.2, 0.25) is 0 Å². The van der Waals surface area contributed by atoms with Gasteiger partial charge in [0.25, 0.3) is 11.8 Å². The predicted octanol–water partition coefficient (Wildman–Crippen LogP) is 10.1. The predicted molar refractivity (Wildman–Crippen MR) is 218 cm³/mol. The maximum atomic E-state index is 13.2. The van der Waals surface area contributed by atoms with E-state index < -0.39 is 28.7 Å². The standard InChI is InChI=1S/C22H21ClF3N3O.C21H25ClN2OS/c1-14-4-3-11-29(14)13-19(16-9-7-15(12-27)8-10-16)28-21(30)17-5-2-6-18(20(17)23)22(24,25)26;1-15-12-17(22)13-19(26-2)20(15)21(25)23-18(14-24-10-6-7-11-24)16-8-4-3-5-9-16/h2,5-10,14,19H,3-4,11,13H2,1H3,(H,28,30);3-5,8-9,12-13,18H,6-7,10-11,14H2,1-2H3,(H,23,25)/t14?,19-;18-/m11/s1. The minimum absolute atomic E-state index is 0.0217. The van der Waals surface area contributed by atoms with Crippen LogP contribution in [0.2, 0.25) is 10.0 Å². The van der Waals surface area contributed by atoms with Crippen LogP contribution >= 0.6 is 35.0 Å². The van der Waals surface area contributed by atoms with E-state index in [2.05, 4.69) is 39.5 Å². The van der Waals surface area contributed by atoms with Gasteiger partial charge in [-0.05, 0) is 119 Å². The van der Waals surface area contributed by atoms with E-state index in [-0.39, 0.29) is 17.5 Å². The molecular formula is C43H46Cl2F3N5O2S. The van der Waals surface area contributed by atoms with E-state index >= 15 is 0 Å². The molecule has 296 valence electrons. The van der Waals surface area contributed by atoms with Gasteiger partial charge >= 0.3 is 6.18 Å². The molecule has 3 atom stereocenters. The number of hydrogen-bond acceptors (Lipinski definition) is 6. The number of thioether (sulfide) groups is 1. The van der Waals surface area contributed by atoms with Crippen LogP contribution in [0.25, 0.3) is 0 Å². The van der Waals surface area contributed by atoms with E-state index in [4.69, 9.17) is 28.5 Å². The maximum absolute atomic E-state index is 13.2. The topological polar surface area (TPSA) is 88.5 Å².